The highest BCUT2D eigenvalue weighted by Gasteiger charge is 2.27. The number of hydrogen-bond acceptors (Lipinski definition) is 2. The standard InChI is InChI=1S/C11H16O2/c1-4-13-11(12)10-6-5-8(2)7-9(10)3/h4-5,9-10H,1,6-7H2,2-3H3. The summed E-state index contributed by atoms with van der Waals surface area (Å²) in [6.07, 6.45) is 5.13. The summed E-state index contributed by atoms with van der Waals surface area (Å²) >= 11 is 0. The van der Waals surface area contributed by atoms with Gasteiger partial charge in [0.05, 0.1) is 12.2 Å². The highest BCUT2D eigenvalue weighted by Crippen LogP contribution is 2.29. The molecule has 0 aliphatic heterocycles. The molecule has 1 aliphatic carbocycles. The smallest absolute Gasteiger partial charge is 0.314 e. The molecule has 0 saturated carbocycles. The van der Waals surface area contributed by atoms with Gasteiger partial charge in [0.1, 0.15) is 0 Å². The molecule has 2 nitrogen and oxygen atoms in total. The van der Waals surface area contributed by atoms with Crippen LogP contribution in [0.15, 0.2) is 24.5 Å². The van der Waals surface area contributed by atoms with Crippen LogP contribution in [-0.2, 0) is 9.53 Å². The van der Waals surface area contributed by atoms with E-state index >= 15 is 0 Å². The maximum absolute atomic E-state index is 11.4. The summed E-state index contributed by atoms with van der Waals surface area (Å²) in [5.41, 5.74) is 1.37. The lowest BCUT2D eigenvalue weighted by atomic mass is 9.81. The Kier molecular flexibility index (Phi) is 3.29. The molecule has 0 bridgehead atoms. The molecule has 0 fully saturated rings. The number of esters is 1. The molecule has 0 N–H and O–H groups in total. The number of carbonyl (C=O) groups excluding carboxylic acids is 1. The molecular weight excluding hydrogens is 164 g/mol. The molecule has 72 valence electrons. The Morgan fingerprint density at radius 2 is 2.46 bits per heavy atom. The van der Waals surface area contributed by atoms with Gasteiger partial charge in [-0.15, -0.1) is 0 Å². The van der Waals surface area contributed by atoms with Crippen LogP contribution in [0.3, 0.4) is 0 Å². The maximum atomic E-state index is 11.4. The van der Waals surface area contributed by atoms with Gasteiger partial charge in [-0.25, -0.2) is 0 Å². The summed E-state index contributed by atoms with van der Waals surface area (Å²) in [5.74, 6) is 0.255. The van der Waals surface area contributed by atoms with Crippen LogP contribution in [0.25, 0.3) is 0 Å². The van der Waals surface area contributed by atoms with Crippen LogP contribution in [0.1, 0.15) is 26.7 Å². The van der Waals surface area contributed by atoms with Crippen molar-refractivity contribution >= 4 is 5.97 Å². The van der Waals surface area contributed by atoms with E-state index in [1.807, 2.05) is 0 Å². The van der Waals surface area contributed by atoms with E-state index in [1.54, 1.807) is 0 Å². The fourth-order valence-electron chi connectivity index (χ4n) is 1.79. The Balaban J connectivity index is 2.61. The van der Waals surface area contributed by atoms with Gasteiger partial charge in [-0.3, -0.25) is 4.79 Å². The molecule has 0 aromatic carbocycles. The molecular formula is C11H16O2. The lowest BCUT2D eigenvalue weighted by Crippen LogP contribution is -2.25. The van der Waals surface area contributed by atoms with Gasteiger partial charge < -0.3 is 4.74 Å². The summed E-state index contributed by atoms with van der Waals surface area (Å²) in [4.78, 5) is 11.4. The lowest BCUT2D eigenvalue weighted by Gasteiger charge is -2.25. The van der Waals surface area contributed by atoms with E-state index in [2.05, 4.69) is 26.5 Å². The first-order valence-corrected chi connectivity index (χ1v) is 4.62. The van der Waals surface area contributed by atoms with Crippen molar-refractivity contribution in [3.8, 4) is 0 Å². The molecule has 0 spiro atoms. The molecule has 0 amide bonds. The SMILES string of the molecule is C=COC(=O)C1CC=C(C)CC1C. The van der Waals surface area contributed by atoms with Gasteiger partial charge in [-0.1, -0.05) is 25.2 Å². The van der Waals surface area contributed by atoms with Crippen LogP contribution in [0.2, 0.25) is 0 Å². The van der Waals surface area contributed by atoms with Crippen LogP contribution < -0.4 is 0 Å². The lowest BCUT2D eigenvalue weighted by molar-refractivity contribution is -0.144. The summed E-state index contributed by atoms with van der Waals surface area (Å²) in [7, 11) is 0. The van der Waals surface area contributed by atoms with E-state index in [4.69, 9.17) is 4.74 Å². The summed E-state index contributed by atoms with van der Waals surface area (Å²) < 4.78 is 4.78. The Hall–Kier alpha value is -1.05. The zero-order chi connectivity index (χ0) is 9.84. The predicted octanol–water partition coefficient (Wildman–Crippen LogP) is 2.67. The van der Waals surface area contributed by atoms with Gasteiger partial charge in [-0.05, 0) is 25.7 Å². The number of hydrogen-bond donors (Lipinski definition) is 0. The van der Waals surface area contributed by atoms with E-state index in [1.165, 1.54) is 11.8 Å². The number of rotatable bonds is 2. The molecule has 2 atom stereocenters. The Morgan fingerprint density at radius 1 is 1.77 bits per heavy atom. The van der Waals surface area contributed by atoms with Crippen molar-refractivity contribution in [2.75, 3.05) is 0 Å². The van der Waals surface area contributed by atoms with Gasteiger partial charge in [0.25, 0.3) is 0 Å². The quantitative estimate of drug-likeness (QED) is 0.371. The maximum Gasteiger partial charge on any atom is 0.314 e. The first kappa shape index (κ1) is 10.0. The first-order chi connectivity index (χ1) is 6.15. The molecule has 0 saturated heterocycles. The molecule has 0 aromatic heterocycles. The van der Waals surface area contributed by atoms with E-state index in [9.17, 15) is 4.79 Å². The molecule has 1 rings (SSSR count). The van der Waals surface area contributed by atoms with Gasteiger partial charge >= 0.3 is 5.97 Å². The monoisotopic (exact) mass is 180 g/mol. The summed E-state index contributed by atoms with van der Waals surface area (Å²) in [5, 5.41) is 0. The highest BCUT2D eigenvalue weighted by atomic mass is 16.5. The largest absolute Gasteiger partial charge is 0.435 e. The minimum atomic E-state index is -0.147. The summed E-state index contributed by atoms with van der Waals surface area (Å²) in [6.45, 7) is 7.57. The Labute approximate surface area is 79.3 Å². The zero-order valence-electron chi connectivity index (χ0n) is 8.25. The van der Waals surface area contributed by atoms with Crippen molar-refractivity contribution in [1.82, 2.24) is 0 Å². The topological polar surface area (TPSA) is 26.3 Å². The molecule has 0 aromatic rings. The molecule has 2 unspecified atom stereocenters. The van der Waals surface area contributed by atoms with Crippen LogP contribution >= 0.6 is 0 Å². The van der Waals surface area contributed by atoms with E-state index < -0.39 is 0 Å². The number of allylic oxidation sites excluding steroid dienone is 2. The van der Waals surface area contributed by atoms with Crippen molar-refractivity contribution < 1.29 is 9.53 Å². The van der Waals surface area contributed by atoms with Crippen molar-refractivity contribution in [2.45, 2.75) is 26.7 Å². The van der Waals surface area contributed by atoms with Crippen LogP contribution in [0, 0.1) is 11.8 Å². The first-order valence-electron chi connectivity index (χ1n) is 4.62. The fourth-order valence-corrected chi connectivity index (χ4v) is 1.79. The van der Waals surface area contributed by atoms with Gasteiger partial charge in [0.15, 0.2) is 0 Å². The van der Waals surface area contributed by atoms with Gasteiger partial charge in [-0.2, -0.15) is 0 Å². The second-order valence-corrected chi connectivity index (χ2v) is 3.68. The number of carbonyl (C=O) groups is 1. The van der Waals surface area contributed by atoms with Crippen molar-refractivity contribution in [3.63, 3.8) is 0 Å². The Bertz CT molecular complexity index is 240. The molecule has 1 aliphatic rings. The van der Waals surface area contributed by atoms with E-state index in [-0.39, 0.29) is 11.9 Å². The molecule has 2 heteroatoms. The summed E-state index contributed by atoms with van der Waals surface area (Å²) in [6, 6.07) is 0. The molecule has 0 heterocycles. The third-order valence-electron chi connectivity index (χ3n) is 2.55. The molecule has 0 radical (unpaired) electrons. The third-order valence-corrected chi connectivity index (χ3v) is 2.55. The van der Waals surface area contributed by atoms with Crippen LogP contribution in [-0.4, -0.2) is 5.97 Å². The van der Waals surface area contributed by atoms with Crippen molar-refractivity contribution in [1.29, 1.82) is 0 Å². The minimum absolute atomic E-state index is 0.0155. The second kappa shape index (κ2) is 4.26. The minimum Gasteiger partial charge on any atom is -0.435 e. The number of ether oxygens (including phenoxy) is 1. The van der Waals surface area contributed by atoms with E-state index in [0.29, 0.717) is 5.92 Å². The normalized spacial score (nSPS) is 27.7. The van der Waals surface area contributed by atoms with E-state index in [0.717, 1.165) is 12.8 Å². The zero-order valence-corrected chi connectivity index (χ0v) is 8.25. The van der Waals surface area contributed by atoms with Crippen LogP contribution in [0.5, 0.6) is 0 Å². The average Bonchev–Trinajstić information content (AvgIpc) is 2.04. The van der Waals surface area contributed by atoms with Gasteiger partial charge in [0, 0.05) is 0 Å². The predicted molar refractivity (Wildman–Crippen MR) is 51.9 cm³/mol. The molecule has 13 heavy (non-hydrogen) atoms. The Morgan fingerprint density at radius 3 is 3.00 bits per heavy atom. The fraction of sp³-hybridized carbons (Fsp3) is 0.545. The van der Waals surface area contributed by atoms with Crippen LogP contribution in [0.4, 0.5) is 0 Å². The van der Waals surface area contributed by atoms with Gasteiger partial charge in [0.2, 0.25) is 0 Å². The highest BCUT2D eigenvalue weighted by molar-refractivity contribution is 5.73. The van der Waals surface area contributed by atoms with Crippen molar-refractivity contribution in [3.05, 3.63) is 24.5 Å². The average molecular weight is 180 g/mol. The van der Waals surface area contributed by atoms with Crippen molar-refractivity contribution in [2.24, 2.45) is 11.8 Å². The third kappa shape index (κ3) is 2.44. The second-order valence-electron chi connectivity index (χ2n) is 3.68.